The number of fused-ring (bicyclic) bond motifs is 1. The molecule has 0 aliphatic heterocycles. The molecule has 16 heavy (non-hydrogen) atoms. The molecular formula is C12H13ClN2O. The SMILES string of the molecule is Nc1cc2oc(C3CCCC3)nc2cc1Cl. The molecule has 1 aromatic carbocycles. The van der Waals surface area contributed by atoms with Crippen LogP contribution in [-0.4, -0.2) is 4.98 Å². The number of rotatable bonds is 1. The summed E-state index contributed by atoms with van der Waals surface area (Å²) in [5.74, 6) is 1.32. The van der Waals surface area contributed by atoms with Gasteiger partial charge in [0.2, 0.25) is 0 Å². The van der Waals surface area contributed by atoms with E-state index < -0.39 is 0 Å². The number of hydrogen-bond donors (Lipinski definition) is 1. The fraction of sp³-hybridized carbons (Fsp3) is 0.417. The van der Waals surface area contributed by atoms with Crippen molar-refractivity contribution in [3.8, 4) is 0 Å². The molecule has 0 saturated heterocycles. The van der Waals surface area contributed by atoms with Crippen molar-refractivity contribution >= 4 is 28.4 Å². The lowest BCUT2D eigenvalue weighted by Crippen LogP contribution is -1.90. The minimum Gasteiger partial charge on any atom is -0.440 e. The van der Waals surface area contributed by atoms with Crippen LogP contribution in [0.3, 0.4) is 0 Å². The standard InChI is InChI=1S/C12H13ClN2O/c13-8-5-10-11(6-9(8)14)16-12(15-10)7-3-1-2-4-7/h5-7H,1-4,14H2. The van der Waals surface area contributed by atoms with Crippen molar-refractivity contribution in [3.63, 3.8) is 0 Å². The predicted octanol–water partition coefficient (Wildman–Crippen LogP) is 3.72. The lowest BCUT2D eigenvalue weighted by atomic mass is 10.1. The molecule has 1 heterocycles. The van der Waals surface area contributed by atoms with Crippen LogP contribution in [0.5, 0.6) is 0 Å². The van der Waals surface area contributed by atoms with Crippen molar-refractivity contribution in [3.05, 3.63) is 23.0 Å². The first kappa shape index (κ1) is 9.97. The van der Waals surface area contributed by atoms with Crippen molar-refractivity contribution in [2.24, 2.45) is 0 Å². The van der Waals surface area contributed by atoms with E-state index in [0.29, 0.717) is 16.6 Å². The molecule has 1 fully saturated rings. The first-order valence-corrected chi connectivity index (χ1v) is 5.97. The molecule has 0 radical (unpaired) electrons. The lowest BCUT2D eigenvalue weighted by molar-refractivity contribution is 0.474. The summed E-state index contributed by atoms with van der Waals surface area (Å²) in [6.07, 6.45) is 4.89. The number of nitrogens with zero attached hydrogens (tertiary/aromatic N) is 1. The van der Waals surface area contributed by atoms with Gasteiger partial charge in [-0.05, 0) is 18.9 Å². The molecule has 84 valence electrons. The number of aromatic nitrogens is 1. The van der Waals surface area contributed by atoms with Gasteiger partial charge in [0.05, 0.1) is 10.7 Å². The second-order valence-electron chi connectivity index (χ2n) is 4.37. The highest BCUT2D eigenvalue weighted by Gasteiger charge is 2.22. The average molecular weight is 237 g/mol. The number of hydrogen-bond acceptors (Lipinski definition) is 3. The monoisotopic (exact) mass is 236 g/mol. The molecular weight excluding hydrogens is 224 g/mol. The van der Waals surface area contributed by atoms with E-state index in [1.165, 1.54) is 25.7 Å². The van der Waals surface area contributed by atoms with Crippen LogP contribution in [0, 0.1) is 0 Å². The Labute approximate surface area is 98.6 Å². The number of halogens is 1. The molecule has 1 saturated carbocycles. The number of nitrogen functional groups attached to an aromatic ring is 1. The van der Waals surface area contributed by atoms with E-state index in [2.05, 4.69) is 4.98 Å². The van der Waals surface area contributed by atoms with Gasteiger partial charge in [-0.2, -0.15) is 0 Å². The second-order valence-corrected chi connectivity index (χ2v) is 4.78. The molecule has 0 unspecified atom stereocenters. The van der Waals surface area contributed by atoms with Crippen LogP contribution >= 0.6 is 11.6 Å². The second kappa shape index (κ2) is 3.67. The quantitative estimate of drug-likeness (QED) is 0.768. The van der Waals surface area contributed by atoms with Crippen LogP contribution in [-0.2, 0) is 0 Å². The van der Waals surface area contributed by atoms with Gasteiger partial charge < -0.3 is 10.2 Å². The van der Waals surface area contributed by atoms with E-state index in [1.54, 1.807) is 12.1 Å². The van der Waals surface area contributed by atoms with Crippen molar-refractivity contribution in [2.45, 2.75) is 31.6 Å². The van der Waals surface area contributed by atoms with Gasteiger partial charge in [0.15, 0.2) is 11.5 Å². The molecule has 2 aromatic rings. The van der Waals surface area contributed by atoms with E-state index in [-0.39, 0.29) is 0 Å². The van der Waals surface area contributed by atoms with Gasteiger partial charge in [-0.15, -0.1) is 0 Å². The Morgan fingerprint density at radius 1 is 1.31 bits per heavy atom. The van der Waals surface area contributed by atoms with Gasteiger partial charge in [0.1, 0.15) is 5.52 Å². The highest BCUT2D eigenvalue weighted by atomic mass is 35.5. The molecule has 1 aliphatic carbocycles. The third kappa shape index (κ3) is 1.55. The van der Waals surface area contributed by atoms with Gasteiger partial charge in [-0.25, -0.2) is 4.98 Å². The van der Waals surface area contributed by atoms with E-state index in [1.807, 2.05) is 0 Å². The van der Waals surface area contributed by atoms with Gasteiger partial charge in [-0.1, -0.05) is 24.4 Å². The Hall–Kier alpha value is -1.22. The summed E-state index contributed by atoms with van der Waals surface area (Å²) < 4.78 is 5.74. The van der Waals surface area contributed by atoms with Gasteiger partial charge >= 0.3 is 0 Å². The largest absolute Gasteiger partial charge is 0.440 e. The van der Waals surface area contributed by atoms with Gasteiger partial charge in [0.25, 0.3) is 0 Å². The molecule has 2 N–H and O–H groups in total. The zero-order valence-corrected chi connectivity index (χ0v) is 9.63. The number of nitrogens with two attached hydrogens (primary N) is 1. The Morgan fingerprint density at radius 3 is 2.81 bits per heavy atom. The fourth-order valence-electron chi connectivity index (χ4n) is 2.33. The van der Waals surface area contributed by atoms with Gasteiger partial charge in [-0.3, -0.25) is 0 Å². The average Bonchev–Trinajstić information content (AvgIpc) is 2.86. The molecule has 0 atom stereocenters. The van der Waals surface area contributed by atoms with Gasteiger partial charge in [0, 0.05) is 12.0 Å². The molecule has 1 aromatic heterocycles. The van der Waals surface area contributed by atoms with E-state index in [4.69, 9.17) is 21.8 Å². The maximum Gasteiger partial charge on any atom is 0.198 e. The van der Waals surface area contributed by atoms with Crippen LogP contribution in [0.25, 0.3) is 11.1 Å². The minimum atomic E-state index is 0.479. The normalized spacial score (nSPS) is 17.3. The van der Waals surface area contributed by atoms with Crippen LogP contribution in [0.2, 0.25) is 5.02 Å². The van der Waals surface area contributed by atoms with E-state index in [9.17, 15) is 0 Å². The lowest BCUT2D eigenvalue weighted by Gasteiger charge is -2.00. The molecule has 0 spiro atoms. The summed E-state index contributed by atoms with van der Waals surface area (Å²) in [5.41, 5.74) is 7.82. The summed E-state index contributed by atoms with van der Waals surface area (Å²) >= 11 is 5.95. The predicted molar refractivity (Wildman–Crippen MR) is 64.6 cm³/mol. The van der Waals surface area contributed by atoms with E-state index in [0.717, 1.165) is 17.0 Å². The number of benzene rings is 1. The minimum absolute atomic E-state index is 0.479. The summed E-state index contributed by atoms with van der Waals surface area (Å²) in [5, 5.41) is 0.541. The van der Waals surface area contributed by atoms with Crippen molar-refractivity contribution < 1.29 is 4.42 Å². The molecule has 3 nitrogen and oxygen atoms in total. The smallest absolute Gasteiger partial charge is 0.198 e. The first-order chi connectivity index (χ1) is 7.74. The zero-order chi connectivity index (χ0) is 11.1. The van der Waals surface area contributed by atoms with Crippen LogP contribution < -0.4 is 5.73 Å². The summed E-state index contributed by atoms with van der Waals surface area (Å²) in [4.78, 5) is 4.49. The van der Waals surface area contributed by atoms with Crippen LogP contribution in [0.1, 0.15) is 37.5 Å². The Kier molecular flexibility index (Phi) is 2.28. The third-order valence-electron chi connectivity index (χ3n) is 3.23. The first-order valence-electron chi connectivity index (χ1n) is 5.59. The maximum atomic E-state index is 5.95. The fourth-order valence-corrected chi connectivity index (χ4v) is 2.49. The van der Waals surface area contributed by atoms with Crippen molar-refractivity contribution in [1.82, 2.24) is 4.98 Å². The Morgan fingerprint density at radius 2 is 2.06 bits per heavy atom. The number of oxazole rings is 1. The van der Waals surface area contributed by atoms with Crippen molar-refractivity contribution in [2.75, 3.05) is 5.73 Å². The Balaban J connectivity index is 2.08. The maximum absolute atomic E-state index is 5.95. The highest BCUT2D eigenvalue weighted by molar-refractivity contribution is 6.33. The van der Waals surface area contributed by atoms with Crippen LogP contribution in [0.4, 0.5) is 5.69 Å². The third-order valence-corrected chi connectivity index (χ3v) is 3.56. The van der Waals surface area contributed by atoms with Crippen molar-refractivity contribution in [1.29, 1.82) is 0 Å². The summed E-state index contributed by atoms with van der Waals surface area (Å²) in [6.45, 7) is 0. The van der Waals surface area contributed by atoms with Crippen LogP contribution in [0.15, 0.2) is 16.5 Å². The molecule has 0 amide bonds. The van der Waals surface area contributed by atoms with E-state index >= 15 is 0 Å². The molecule has 0 bridgehead atoms. The topological polar surface area (TPSA) is 52.0 Å². The molecule has 4 heteroatoms. The highest BCUT2D eigenvalue weighted by Crippen LogP contribution is 2.36. The Bertz CT molecular complexity index is 490. The molecule has 3 rings (SSSR count). The number of anilines is 1. The summed E-state index contributed by atoms with van der Waals surface area (Å²) in [6, 6.07) is 3.53. The summed E-state index contributed by atoms with van der Waals surface area (Å²) in [7, 11) is 0. The zero-order valence-electron chi connectivity index (χ0n) is 8.87. The molecule has 1 aliphatic rings.